The van der Waals surface area contributed by atoms with E-state index in [1.54, 1.807) is 0 Å². The number of hydrogen-bond donors (Lipinski definition) is 0. The minimum Gasteiger partial charge on any atom is -0.452 e. The zero-order chi connectivity index (χ0) is 13.2. The molecule has 0 saturated carbocycles. The molecule has 0 fully saturated rings. The molecule has 17 heavy (non-hydrogen) atoms. The molecule has 0 N–H and O–H groups in total. The highest BCUT2D eigenvalue weighted by Gasteiger charge is 2.42. The van der Waals surface area contributed by atoms with E-state index in [4.69, 9.17) is 0 Å². The standard InChI is InChI=1S/C9H7F4NO3/c1-5-4-6(14(15)16)2-3-7(5)17-8(10)9(11,12)13/h2-4,8H,1H3/t8-/m1/s1. The van der Waals surface area contributed by atoms with Crippen LogP contribution >= 0.6 is 0 Å². The minimum absolute atomic E-state index is 0.0473. The molecule has 1 aromatic carbocycles. The first-order chi connectivity index (χ1) is 7.71. The van der Waals surface area contributed by atoms with Gasteiger partial charge in [-0.25, -0.2) is 0 Å². The van der Waals surface area contributed by atoms with Crippen molar-refractivity contribution in [1.82, 2.24) is 0 Å². The average Bonchev–Trinajstić information content (AvgIpc) is 2.19. The maximum Gasteiger partial charge on any atom is 0.457 e. The lowest BCUT2D eigenvalue weighted by Gasteiger charge is -2.15. The predicted molar refractivity (Wildman–Crippen MR) is 49.4 cm³/mol. The Hall–Kier alpha value is -1.86. The summed E-state index contributed by atoms with van der Waals surface area (Å²) < 4.78 is 52.2. The molecule has 94 valence electrons. The van der Waals surface area contributed by atoms with Crippen LogP contribution in [0.1, 0.15) is 5.56 Å². The zero-order valence-corrected chi connectivity index (χ0v) is 8.49. The lowest BCUT2D eigenvalue weighted by molar-refractivity contribution is -0.384. The van der Waals surface area contributed by atoms with E-state index in [1.807, 2.05) is 0 Å². The van der Waals surface area contributed by atoms with E-state index in [1.165, 1.54) is 6.92 Å². The first-order valence-corrected chi connectivity index (χ1v) is 4.34. The predicted octanol–water partition coefficient (Wildman–Crippen LogP) is 3.14. The molecule has 0 spiro atoms. The number of aryl methyl sites for hydroxylation is 1. The molecular weight excluding hydrogens is 246 g/mol. The third-order valence-corrected chi connectivity index (χ3v) is 1.86. The molecule has 0 aliphatic carbocycles. The van der Waals surface area contributed by atoms with Gasteiger partial charge in [0.05, 0.1) is 4.92 Å². The van der Waals surface area contributed by atoms with Crippen LogP contribution in [-0.4, -0.2) is 17.5 Å². The van der Waals surface area contributed by atoms with Crippen molar-refractivity contribution in [3.8, 4) is 5.75 Å². The fraction of sp³-hybridized carbons (Fsp3) is 0.333. The van der Waals surface area contributed by atoms with Crippen LogP contribution in [0.25, 0.3) is 0 Å². The molecule has 8 heteroatoms. The highest BCUT2D eigenvalue weighted by atomic mass is 19.4. The Kier molecular flexibility index (Phi) is 3.54. The highest BCUT2D eigenvalue weighted by molar-refractivity contribution is 5.42. The molecule has 0 aliphatic heterocycles. The SMILES string of the molecule is Cc1cc([N+](=O)[O-])ccc1O[C@@H](F)C(F)(F)F. The van der Waals surface area contributed by atoms with Crippen molar-refractivity contribution in [2.75, 3.05) is 0 Å². The summed E-state index contributed by atoms with van der Waals surface area (Å²) in [5, 5.41) is 10.4. The molecule has 4 nitrogen and oxygen atoms in total. The van der Waals surface area contributed by atoms with Gasteiger partial charge in [-0.1, -0.05) is 0 Å². The van der Waals surface area contributed by atoms with Crippen molar-refractivity contribution in [2.45, 2.75) is 19.5 Å². The Morgan fingerprint density at radius 2 is 2.00 bits per heavy atom. The van der Waals surface area contributed by atoms with Crippen molar-refractivity contribution >= 4 is 5.69 Å². The molecule has 0 aliphatic rings. The lowest BCUT2D eigenvalue weighted by atomic mass is 10.2. The van der Waals surface area contributed by atoms with Crippen LogP contribution in [0, 0.1) is 17.0 Å². The summed E-state index contributed by atoms with van der Waals surface area (Å²) in [6.45, 7) is 1.28. The molecular formula is C9H7F4NO3. The van der Waals surface area contributed by atoms with E-state index in [-0.39, 0.29) is 17.0 Å². The van der Waals surface area contributed by atoms with Gasteiger partial charge in [0.25, 0.3) is 5.69 Å². The smallest absolute Gasteiger partial charge is 0.452 e. The van der Waals surface area contributed by atoms with Crippen molar-refractivity contribution in [3.05, 3.63) is 33.9 Å². The van der Waals surface area contributed by atoms with Gasteiger partial charge in [-0.2, -0.15) is 17.6 Å². The Morgan fingerprint density at radius 1 is 1.41 bits per heavy atom. The molecule has 1 rings (SSSR count). The number of rotatable bonds is 3. The van der Waals surface area contributed by atoms with E-state index in [2.05, 4.69) is 4.74 Å². The van der Waals surface area contributed by atoms with Gasteiger partial charge < -0.3 is 4.74 Å². The second-order valence-corrected chi connectivity index (χ2v) is 3.18. The topological polar surface area (TPSA) is 52.4 Å². The van der Waals surface area contributed by atoms with Crippen LogP contribution < -0.4 is 4.74 Å². The Labute approximate surface area is 93.0 Å². The molecule has 0 radical (unpaired) electrons. The summed E-state index contributed by atoms with van der Waals surface area (Å²) in [5.41, 5.74) is -0.261. The van der Waals surface area contributed by atoms with Gasteiger partial charge in [-0.15, -0.1) is 0 Å². The summed E-state index contributed by atoms with van der Waals surface area (Å²) >= 11 is 0. The summed E-state index contributed by atoms with van der Waals surface area (Å²) in [5.74, 6) is -0.388. The number of nitro groups is 1. The Bertz CT molecular complexity index is 433. The summed E-state index contributed by atoms with van der Waals surface area (Å²) in [4.78, 5) is 9.64. The number of ether oxygens (including phenoxy) is 1. The second-order valence-electron chi connectivity index (χ2n) is 3.18. The van der Waals surface area contributed by atoms with Gasteiger partial charge in [0.2, 0.25) is 0 Å². The van der Waals surface area contributed by atoms with Crippen LogP contribution in [-0.2, 0) is 0 Å². The molecule has 0 heterocycles. The van der Waals surface area contributed by atoms with Gasteiger partial charge in [0, 0.05) is 12.1 Å². The maximum absolute atomic E-state index is 12.6. The lowest BCUT2D eigenvalue weighted by Crippen LogP contribution is -2.30. The van der Waals surface area contributed by atoms with E-state index < -0.39 is 17.5 Å². The van der Waals surface area contributed by atoms with Gasteiger partial charge in [-0.05, 0) is 18.6 Å². The fourth-order valence-corrected chi connectivity index (χ4v) is 1.06. The van der Waals surface area contributed by atoms with Crippen molar-refractivity contribution in [1.29, 1.82) is 0 Å². The summed E-state index contributed by atoms with van der Waals surface area (Å²) in [6.07, 6.45) is -8.59. The van der Waals surface area contributed by atoms with Gasteiger partial charge in [0.1, 0.15) is 5.75 Å². The molecule has 1 aromatic rings. The average molecular weight is 253 g/mol. The molecule has 0 amide bonds. The molecule has 0 bridgehead atoms. The maximum atomic E-state index is 12.6. The number of non-ortho nitro benzene ring substituents is 1. The number of nitro benzene ring substituents is 1. The number of alkyl halides is 4. The van der Waals surface area contributed by atoms with Gasteiger partial charge >= 0.3 is 12.5 Å². The molecule has 1 atom stereocenters. The van der Waals surface area contributed by atoms with Gasteiger partial charge in [0.15, 0.2) is 0 Å². The first kappa shape index (κ1) is 13.2. The van der Waals surface area contributed by atoms with Crippen molar-refractivity contribution in [3.63, 3.8) is 0 Å². The van der Waals surface area contributed by atoms with Crippen LogP contribution in [0.2, 0.25) is 0 Å². The van der Waals surface area contributed by atoms with E-state index in [9.17, 15) is 27.7 Å². The second kappa shape index (κ2) is 4.56. The summed E-state index contributed by atoms with van der Waals surface area (Å²) in [6, 6.07) is 2.86. The van der Waals surface area contributed by atoms with E-state index in [0.717, 1.165) is 18.2 Å². The molecule has 0 saturated heterocycles. The number of nitrogens with zero attached hydrogens (tertiary/aromatic N) is 1. The van der Waals surface area contributed by atoms with Crippen LogP contribution in [0.5, 0.6) is 5.75 Å². The third-order valence-electron chi connectivity index (χ3n) is 1.86. The van der Waals surface area contributed by atoms with Crippen LogP contribution in [0.15, 0.2) is 18.2 Å². The normalized spacial score (nSPS) is 13.2. The Balaban J connectivity index is 2.90. The third kappa shape index (κ3) is 3.30. The van der Waals surface area contributed by atoms with Gasteiger partial charge in [-0.3, -0.25) is 10.1 Å². The number of benzene rings is 1. The summed E-state index contributed by atoms with van der Waals surface area (Å²) in [7, 11) is 0. The molecule has 0 unspecified atom stereocenters. The Morgan fingerprint density at radius 3 is 2.41 bits per heavy atom. The number of hydrogen-bond acceptors (Lipinski definition) is 3. The minimum atomic E-state index is -5.13. The monoisotopic (exact) mass is 253 g/mol. The first-order valence-electron chi connectivity index (χ1n) is 4.34. The quantitative estimate of drug-likeness (QED) is 0.472. The van der Waals surface area contributed by atoms with E-state index >= 15 is 0 Å². The van der Waals surface area contributed by atoms with Crippen molar-refractivity contribution in [2.24, 2.45) is 0 Å². The molecule has 0 aromatic heterocycles. The van der Waals surface area contributed by atoms with Crippen molar-refractivity contribution < 1.29 is 27.2 Å². The fourth-order valence-electron chi connectivity index (χ4n) is 1.06. The van der Waals surface area contributed by atoms with E-state index in [0.29, 0.717) is 0 Å². The van der Waals surface area contributed by atoms with Crippen LogP contribution in [0.4, 0.5) is 23.2 Å². The highest BCUT2D eigenvalue weighted by Crippen LogP contribution is 2.29. The van der Waals surface area contributed by atoms with Crippen LogP contribution in [0.3, 0.4) is 0 Å². The number of halogens is 4. The zero-order valence-electron chi connectivity index (χ0n) is 8.49. The largest absolute Gasteiger partial charge is 0.457 e.